The van der Waals surface area contributed by atoms with Gasteiger partial charge >= 0.3 is 6.03 Å². The van der Waals surface area contributed by atoms with E-state index < -0.39 is 4.92 Å². The summed E-state index contributed by atoms with van der Waals surface area (Å²) >= 11 is 0. The van der Waals surface area contributed by atoms with Crippen LogP contribution in [0.25, 0.3) is 0 Å². The zero-order chi connectivity index (χ0) is 16.1. The van der Waals surface area contributed by atoms with E-state index in [1.54, 1.807) is 4.90 Å². The molecule has 2 amide bonds. The van der Waals surface area contributed by atoms with Crippen LogP contribution in [0.1, 0.15) is 12.5 Å². The predicted molar refractivity (Wildman–Crippen MR) is 80.7 cm³/mol. The number of non-ortho nitro benzene ring substituents is 1. The number of benzene rings is 1. The van der Waals surface area contributed by atoms with Crippen LogP contribution in [-0.2, 0) is 0 Å². The van der Waals surface area contributed by atoms with E-state index in [1.807, 2.05) is 11.8 Å². The van der Waals surface area contributed by atoms with Gasteiger partial charge in [-0.2, -0.15) is 5.26 Å². The Morgan fingerprint density at radius 2 is 2.09 bits per heavy atom. The number of carbonyl (C=O) groups excluding carboxylic acids is 1. The normalized spacial score (nSPS) is 14.4. The molecule has 0 saturated carbocycles. The molecule has 22 heavy (non-hydrogen) atoms. The van der Waals surface area contributed by atoms with Crippen molar-refractivity contribution in [2.24, 2.45) is 0 Å². The Morgan fingerprint density at radius 1 is 1.41 bits per heavy atom. The third-order valence-electron chi connectivity index (χ3n) is 3.55. The number of hydrogen-bond acceptors (Lipinski definition) is 5. The first-order chi connectivity index (χ1) is 10.6. The molecule has 0 aromatic heterocycles. The van der Waals surface area contributed by atoms with E-state index in [4.69, 9.17) is 5.26 Å². The van der Waals surface area contributed by atoms with E-state index in [9.17, 15) is 14.9 Å². The van der Waals surface area contributed by atoms with Crippen LogP contribution in [0, 0.1) is 21.4 Å². The molecule has 8 nitrogen and oxygen atoms in total. The third kappa shape index (κ3) is 3.25. The van der Waals surface area contributed by atoms with Crippen LogP contribution in [0.5, 0.6) is 0 Å². The van der Waals surface area contributed by atoms with Crippen molar-refractivity contribution in [1.82, 2.24) is 10.2 Å². The Morgan fingerprint density at radius 3 is 2.64 bits per heavy atom. The van der Waals surface area contributed by atoms with Gasteiger partial charge in [-0.1, -0.05) is 0 Å². The number of carbonyl (C=O) groups is 1. The second kappa shape index (κ2) is 6.76. The number of nitrogens with zero attached hydrogens (tertiary/aromatic N) is 4. The smallest absolute Gasteiger partial charge is 0.317 e. The molecule has 2 rings (SSSR count). The molecule has 1 aromatic rings. The molecule has 0 bridgehead atoms. The molecule has 0 atom stereocenters. The summed E-state index contributed by atoms with van der Waals surface area (Å²) in [6.07, 6.45) is 0. The third-order valence-corrected chi connectivity index (χ3v) is 3.55. The highest BCUT2D eigenvalue weighted by Gasteiger charge is 2.23. The Bertz CT molecular complexity index is 617. The van der Waals surface area contributed by atoms with E-state index in [0.717, 1.165) is 0 Å². The summed E-state index contributed by atoms with van der Waals surface area (Å²) in [6, 6.07) is 6.15. The molecule has 1 saturated heterocycles. The van der Waals surface area contributed by atoms with Gasteiger partial charge in [0, 0.05) is 44.9 Å². The zero-order valence-corrected chi connectivity index (χ0v) is 12.3. The fourth-order valence-electron chi connectivity index (χ4n) is 2.40. The first-order valence-corrected chi connectivity index (χ1v) is 7.03. The first-order valence-electron chi connectivity index (χ1n) is 7.03. The molecule has 0 aliphatic carbocycles. The summed E-state index contributed by atoms with van der Waals surface area (Å²) in [6.45, 7) is 4.53. The summed E-state index contributed by atoms with van der Waals surface area (Å²) < 4.78 is 0. The van der Waals surface area contributed by atoms with Gasteiger partial charge in [0.1, 0.15) is 6.07 Å². The average Bonchev–Trinajstić information content (AvgIpc) is 2.54. The molecule has 0 unspecified atom stereocenters. The molecule has 1 aliphatic rings. The van der Waals surface area contributed by atoms with Gasteiger partial charge in [0.05, 0.1) is 16.2 Å². The molecular weight excluding hydrogens is 286 g/mol. The first kappa shape index (κ1) is 15.6. The highest BCUT2D eigenvalue weighted by Crippen LogP contribution is 2.26. The standard InChI is InChI=1S/C14H17N5O3/c1-2-16-14(20)18-7-5-17(6-8-18)13-9-12(19(21)22)4-3-11(13)10-15/h3-4,9H,2,5-8H2,1H3,(H,16,20). The van der Waals surface area contributed by atoms with Crippen molar-refractivity contribution in [3.63, 3.8) is 0 Å². The number of amides is 2. The van der Waals surface area contributed by atoms with Crippen LogP contribution < -0.4 is 10.2 Å². The average molecular weight is 303 g/mol. The fourth-order valence-corrected chi connectivity index (χ4v) is 2.40. The monoisotopic (exact) mass is 303 g/mol. The van der Waals surface area contributed by atoms with Gasteiger partial charge in [0.2, 0.25) is 0 Å². The maximum Gasteiger partial charge on any atom is 0.317 e. The van der Waals surface area contributed by atoms with Crippen LogP contribution in [0.4, 0.5) is 16.2 Å². The number of nitrogens with one attached hydrogen (secondary N) is 1. The van der Waals surface area contributed by atoms with Crippen molar-refractivity contribution in [3.05, 3.63) is 33.9 Å². The van der Waals surface area contributed by atoms with E-state index in [-0.39, 0.29) is 11.7 Å². The lowest BCUT2D eigenvalue weighted by Crippen LogP contribution is -2.52. The quantitative estimate of drug-likeness (QED) is 0.670. The summed E-state index contributed by atoms with van der Waals surface area (Å²) in [5.41, 5.74) is 0.907. The maximum absolute atomic E-state index is 11.8. The summed E-state index contributed by atoms with van der Waals surface area (Å²) in [7, 11) is 0. The number of rotatable bonds is 3. The molecule has 1 fully saturated rings. The van der Waals surface area contributed by atoms with Gasteiger partial charge in [0.15, 0.2) is 0 Å². The summed E-state index contributed by atoms with van der Waals surface area (Å²) in [5.74, 6) is 0. The second-order valence-electron chi connectivity index (χ2n) is 4.88. The molecule has 8 heteroatoms. The molecule has 1 heterocycles. The van der Waals surface area contributed by atoms with E-state index >= 15 is 0 Å². The van der Waals surface area contributed by atoms with Crippen LogP contribution in [0.2, 0.25) is 0 Å². The topological polar surface area (TPSA) is 103 Å². The minimum absolute atomic E-state index is 0.0415. The van der Waals surface area contributed by atoms with Crippen LogP contribution in [0.15, 0.2) is 18.2 Å². The highest BCUT2D eigenvalue weighted by molar-refractivity contribution is 5.74. The minimum Gasteiger partial charge on any atom is -0.367 e. The number of nitriles is 1. The molecular formula is C14H17N5O3. The van der Waals surface area contributed by atoms with Gasteiger partial charge in [-0.25, -0.2) is 4.79 Å². The number of hydrogen-bond donors (Lipinski definition) is 1. The van der Waals surface area contributed by atoms with Crippen molar-refractivity contribution in [2.75, 3.05) is 37.6 Å². The molecule has 0 spiro atoms. The maximum atomic E-state index is 11.8. The molecule has 1 aliphatic heterocycles. The Hall–Kier alpha value is -2.82. The Balaban J connectivity index is 2.14. The van der Waals surface area contributed by atoms with Crippen LogP contribution >= 0.6 is 0 Å². The Kier molecular flexibility index (Phi) is 4.78. The minimum atomic E-state index is -0.477. The van der Waals surface area contributed by atoms with Gasteiger partial charge in [-0.15, -0.1) is 0 Å². The van der Waals surface area contributed by atoms with Crippen molar-refractivity contribution in [2.45, 2.75) is 6.92 Å². The van der Waals surface area contributed by atoms with Crippen LogP contribution in [0.3, 0.4) is 0 Å². The Labute approximate surface area is 128 Å². The zero-order valence-electron chi connectivity index (χ0n) is 12.3. The lowest BCUT2D eigenvalue weighted by Gasteiger charge is -2.36. The SMILES string of the molecule is CCNC(=O)N1CCN(c2cc([N+](=O)[O-])ccc2C#N)CC1. The molecule has 1 N–H and O–H groups in total. The second-order valence-corrected chi connectivity index (χ2v) is 4.88. The van der Waals surface area contributed by atoms with Crippen molar-refractivity contribution >= 4 is 17.4 Å². The van der Waals surface area contributed by atoms with Gasteiger partial charge < -0.3 is 15.1 Å². The van der Waals surface area contributed by atoms with E-state index in [2.05, 4.69) is 11.4 Å². The summed E-state index contributed by atoms with van der Waals surface area (Å²) in [4.78, 5) is 25.8. The molecule has 0 radical (unpaired) electrons. The number of anilines is 1. The molecule has 116 valence electrons. The molecule has 1 aromatic carbocycles. The van der Waals surface area contributed by atoms with Crippen LogP contribution in [-0.4, -0.2) is 48.6 Å². The number of nitro benzene ring substituents is 1. The predicted octanol–water partition coefficient (Wildman–Crippen LogP) is 1.32. The van der Waals surface area contributed by atoms with Crippen molar-refractivity contribution < 1.29 is 9.72 Å². The van der Waals surface area contributed by atoms with Gasteiger partial charge in [-0.3, -0.25) is 10.1 Å². The highest BCUT2D eigenvalue weighted by atomic mass is 16.6. The number of piperazine rings is 1. The summed E-state index contributed by atoms with van der Waals surface area (Å²) in [5, 5.41) is 22.8. The van der Waals surface area contributed by atoms with E-state index in [0.29, 0.717) is 44.0 Å². The fraction of sp³-hybridized carbons (Fsp3) is 0.429. The lowest BCUT2D eigenvalue weighted by atomic mass is 10.1. The largest absolute Gasteiger partial charge is 0.367 e. The van der Waals surface area contributed by atoms with Crippen molar-refractivity contribution in [3.8, 4) is 6.07 Å². The number of nitro groups is 1. The van der Waals surface area contributed by atoms with Gasteiger partial charge in [0.25, 0.3) is 5.69 Å². The lowest BCUT2D eigenvalue weighted by molar-refractivity contribution is -0.384. The van der Waals surface area contributed by atoms with Gasteiger partial charge in [-0.05, 0) is 13.0 Å². The number of urea groups is 1. The van der Waals surface area contributed by atoms with E-state index in [1.165, 1.54) is 18.2 Å². The van der Waals surface area contributed by atoms with Crippen molar-refractivity contribution in [1.29, 1.82) is 5.26 Å².